The van der Waals surface area contributed by atoms with Crippen molar-refractivity contribution in [1.82, 2.24) is 10.2 Å². The summed E-state index contributed by atoms with van der Waals surface area (Å²) in [6, 6.07) is 0.322. The van der Waals surface area contributed by atoms with E-state index in [-0.39, 0.29) is 11.8 Å². The van der Waals surface area contributed by atoms with Crippen molar-refractivity contribution in [3.8, 4) is 0 Å². The highest BCUT2D eigenvalue weighted by Gasteiger charge is 2.25. The average molecular weight is 253 g/mol. The first-order chi connectivity index (χ1) is 8.65. The number of nitrogens with zero attached hydrogens (tertiary/aromatic N) is 1. The lowest BCUT2D eigenvalue weighted by molar-refractivity contribution is -0.126. The zero-order valence-corrected chi connectivity index (χ0v) is 11.5. The summed E-state index contributed by atoms with van der Waals surface area (Å²) in [5.74, 6) is 1.16. The van der Waals surface area contributed by atoms with Crippen LogP contribution in [0.5, 0.6) is 0 Å². The Hall–Kier alpha value is -0.610. The molecular formula is C14H27N3O. The van der Waals surface area contributed by atoms with Gasteiger partial charge in [0.05, 0.1) is 0 Å². The van der Waals surface area contributed by atoms with Gasteiger partial charge in [0.15, 0.2) is 0 Å². The molecule has 0 aromatic heterocycles. The van der Waals surface area contributed by atoms with Crippen molar-refractivity contribution in [3.05, 3.63) is 0 Å². The van der Waals surface area contributed by atoms with Gasteiger partial charge in [-0.05, 0) is 64.6 Å². The Bertz CT molecular complexity index is 266. The molecule has 4 heteroatoms. The fourth-order valence-corrected chi connectivity index (χ4v) is 3.04. The largest absolute Gasteiger partial charge is 0.356 e. The van der Waals surface area contributed by atoms with Crippen LogP contribution in [0.15, 0.2) is 0 Å². The molecule has 1 amide bonds. The van der Waals surface area contributed by atoms with Crippen LogP contribution >= 0.6 is 0 Å². The molecule has 0 aromatic rings. The summed E-state index contributed by atoms with van der Waals surface area (Å²) in [6.45, 7) is 3.20. The highest BCUT2D eigenvalue weighted by molar-refractivity contribution is 5.78. The number of nitrogens with two attached hydrogens (primary N) is 1. The van der Waals surface area contributed by atoms with Gasteiger partial charge in [0, 0.05) is 18.5 Å². The van der Waals surface area contributed by atoms with Crippen molar-refractivity contribution >= 4 is 5.91 Å². The monoisotopic (exact) mass is 253 g/mol. The van der Waals surface area contributed by atoms with E-state index < -0.39 is 0 Å². The molecule has 1 saturated heterocycles. The molecule has 1 aliphatic carbocycles. The summed E-state index contributed by atoms with van der Waals surface area (Å²) in [5.41, 5.74) is 5.86. The Labute approximate surface area is 110 Å². The molecule has 2 rings (SSSR count). The molecule has 0 unspecified atom stereocenters. The van der Waals surface area contributed by atoms with Gasteiger partial charge in [-0.1, -0.05) is 0 Å². The third-order valence-electron chi connectivity index (χ3n) is 4.55. The molecule has 0 bridgehead atoms. The SMILES string of the molecule is CN1CCC(CNC(=O)C2CCC(N)CC2)CC1. The minimum Gasteiger partial charge on any atom is -0.356 e. The number of rotatable bonds is 3. The maximum atomic E-state index is 12.0. The average Bonchev–Trinajstić information content (AvgIpc) is 2.38. The smallest absolute Gasteiger partial charge is 0.223 e. The molecule has 0 spiro atoms. The van der Waals surface area contributed by atoms with E-state index >= 15 is 0 Å². The van der Waals surface area contributed by atoms with Gasteiger partial charge in [0.25, 0.3) is 0 Å². The Balaban J connectivity index is 1.65. The zero-order valence-electron chi connectivity index (χ0n) is 11.5. The number of carbonyl (C=O) groups is 1. The normalized spacial score (nSPS) is 31.2. The van der Waals surface area contributed by atoms with Crippen molar-refractivity contribution in [1.29, 1.82) is 0 Å². The summed E-state index contributed by atoms with van der Waals surface area (Å²) >= 11 is 0. The predicted octanol–water partition coefficient (Wildman–Crippen LogP) is 0.962. The molecule has 0 aromatic carbocycles. The Morgan fingerprint density at radius 1 is 1.17 bits per heavy atom. The maximum absolute atomic E-state index is 12.0. The first-order valence-corrected chi connectivity index (χ1v) is 7.37. The van der Waals surface area contributed by atoms with Gasteiger partial charge in [-0.25, -0.2) is 0 Å². The molecule has 3 N–H and O–H groups in total. The van der Waals surface area contributed by atoms with Gasteiger partial charge in [-0.3, -0.25) is 4.79 Å². The molecular weight excluding hydrogens is 226 g/mol. The van der Waals surface area contributed by atoms with Crippen LogP contribution in [0.4, 0.5) is 0 Å². The second-order valence-electron chi connectivity index (χ2n) is 6.10. The first kappa shape index (κ1) is 13.8. The molecule has 4 nitrogen and oxygen atoms in total. The van der Waals surface area contributed by atoms with E-state index in [0.717, 1.165) is 32.2 Å². The Kier molecular flexibility index (Phi) is 5.01. The molecule has 1 saturated carbocycles. The van der Waals surface area contributed by atoms with E-state index in [0.29, 0.717) is 12.0 Å². The van der Waals surface area contributed by atoms with Crippen LogP contribution in [-0.4, -0.2) is 43.5 Å². The molecule has 1 heterocycles. The van der Waals surface area contributed by atoms with E-state index in [1.165, 1.54) is 25.9 Å². The van der Waals surface area contributed by atoms with E-state index in [4.69, 9.17) is 5.73 Å². The third-order valence-corrected chi connectivity index (χ3v) is 4.55. The van der Waals surface area contributed by atoms with Gasteiger partial charge < -0.3 is 16.0 Å². The molecule has 104 valence electrons. The van der Waals surface area contributed by atoms with Crippen LogP contribution in [0.3, 0.4) is 0 Å². The van der Waals surface area contributed by atoms with Gasteiger partial charge in [0.2, 0.25) is 5.91 Å². The number of piperidine rings is 1. The standard InChI is InChI=1S/C14H27N3O/c1-17-8-6-11(7-9-17)10-16-14(18)12-2-4-13(15)5-3-12/h11-13H,2-10,15H2,1H3,(H,16,18). The predicted molar refractivity (Wildman–Crippen MR) is 73.2 cm³/mol. The van der Waals surface area contributed by atoms with Gasteiger partial charge in [0.1, 0.15) is 0 Å². The molecule has 1 aliphatic heterocycles. The second kappa shape index (κ2) is 6.53. The maximum Gasteiger partial charge on any atom is 0.223 e. The van der Waals surface area contributed by atoms with E-state index in [9.17, 15) is 4.79 Å². The number of amides is 1. The number of carbonyl (C=O) groups excluding carboxylic acids is 1. The van der Waals surface area contributed by atoms with Gasteiger partial charge >= 0.3 is 0 Å². The number of hydrogen-bond donors (Lipinski definition) is 2. The fourth-order valence-electron chi connectivity index (χ4n) is 3.04. The first-order valence-electron chi connectivity index (χ1n) is 7.37. The lowest BCUT2D eigenvalue weighted by Gasteiger charge is -2.30. The Morgan fingerprint density at radius 2 is 1.78 bits per heavy atom. The van der Waals surface area contributed by atoms with Crippen molar-refractivity contribution in [3.63, 3.8) is 0 Å². The number of likely N-dealkylation sites (tertiary alicyclic amines) is 1. The summed E-state index contributed by atoms with van der Waals surface area (Å²) < 4.78 is 0. The topological polar surface area (TPSA) is 58.4 Å². The van der Waals surface area contributed by atoms with Crippen LogP contribution in [0, 0.1) is 11.8 Å². The summed E-state index contributed by atoms with van der Waals surface area (Å²) in [6.07, 6.45) is 6.39. The van der Waals surface area contributed by atoms with Crippen LogP contribution < -0.4 is 11.1 Å². The third kappa shape index (κ3) is 3.95. The minimum absolute atomic E-state index is 0.219. The minimum atomic E-state index is 0.219. The van der Waals surface area contributed by atoms with E-state index in [1.807, 2.05) is 0 Å². The summed E-state index contributed by atoms with van der Waals surface area (Å²) in [7, 11) is 2.17. The van der Waals surface area contributed by atoms with Crippen LogP contribution in [-0.2, 0) is 4.79 Å². The highest BCUT2D eigenvalue weighted by Crippen LogP contribution is 2.23. The zero-order chi connectivity index (χ0) is 13.0. The van der Waals surface area contributed by atoms with Crippen molar-refractivity contribution < 1.29 is 4.79 Å². The highest BCUT2D eigenvalue weighted by atomic mass is 16.1. The van der Waals surface area contributed by atoms with Crippen LogP contribution in [0.1, 0.15) is 38.5 Å². The quantitative estimate of drug-likeness (QED) is 0.788. The van der Waals surface area contributed by atoms with Crippen molar-refractivity contribution in [2.45, 2.75) is 44.6 Å². The Morgan fingerprint density at radius 3 is 2.39 bits per heavy atom. The molecule has 0 atom stereocenters. The molecule has 0 radical (unpaired) electrons. The van der Waals surface area contributed by atoms with E-state index in [2.05, 4.69) is 17.3 Å². The summed E-state index contributed by atoms with van der Waals surface area (Å²) in [5, 5.41) is 3.15. The number of hydrogen-bond acceptors (Lipinski definition) is 3. The molecule has 18 heavy (non-hydrogen) atoms. The van der Waals surface area contributed by atoms with Gasteiger partial charge in [-0.2, -0.15) is 0 Å². The summed E-state index contributed by atoms with van der Waals surface area (Å²) in [4.78, 5) is 14.4. The lowest BCUT2D eigenvalue weighted by atomic mass is 9.85. The van der Waals surface area contributed by atoms with Crippen molar-refractivity contribution in [2.24, 2.45) is 17.6 Å². The number of nitrogens with one attached hydrogen (secondary N) is 1. The van der Waals surface area contributed by atoms with Crippen LogP contribution in [0.25, 0.3) is 0 Å². The van der Waals surface area contributed by atoms with Crippen LogP contribution in [0.2, 0.25) is 0 Å². The van der Waals surface area contributed by atoms with Gasteiger partial charge in [-0.15, -0.1) is 0 Å². The second-order valence-corrected chi connectivity index (χ2v) is 6.10. The van der Waals surface area contributed by atoms with E-state index in [1.54, 1.807) is 0 Å². The lowest BCUT2D eigenvalue weighted by Crippen LogP contribution is -2.40. The van der Waals surface area contributed by atoms with Crippen molar-refractivity contribution in [2.75, 3.05) is 26.7 Å². The molecule has 2 aliphatic rings. The molecule has 2 fully saturated rings. The fraction of sp³-hybridized carbons (Fsp3) is 0.929.